The van der Waals surface area contributed by atoms with Crippen molar-refractivity contribution in [2.75, 3.05) is 11.4 Å². The number of hydrogen-bond donors (Lipinski definition) is 2. The van der Waals surface area contributed by atoms with E-state index in [1.165, 1.54) is 11.8 Å². The number of fused-ring (bicyclic) bond motifs is 3. The lowest BCUT2D eigenvalue weighted by Gasteiger charge is -2.25. The molecule has 0 aliphatic carbocycles. The molecule has 28 heavy (non-hydrogen) atoms. The van der Waals surface area contributed by atoms with Crippen LogP contribution in [0.25, 0.3) is 11.0 Å². The number of amides is 3. The number of imidazole rings is 1. The van der Waals surface area contributed by atoms with E-state index in [0.29, 0.717) is 25.5 Å². The topological polar surface area (TPSA) is 119 Å². The van der Waals surface area contributed by atoms with Crippen LogP contribution in [0.15, 0.2) is 24.3 Å². The molecule has 0 spiro atoms. The zero-order valence-corrected chi connectivity index (χ0v) is 16.1. The summed E-state index contributed by atoms with van der Waals surface area (Å²) in [6.45, 7) is 6.23. The summed E-state index contributed by atoms with van der Waals surface area (Å²) in [5, 5.41) is 16.0. The van der Waals surface area contributed by atoms with Crippen LogP contribution in [0.3, 0.4) is 0 Å². The number of carbonyl (C=O) groups excluding carboxylic acids is 3. The number of nitrogens with one attached hydrogen (secondary N) is 2. The third-order valence-electron chi connectivity index (χ3n) is 4.70. The fourth-order valence-electron chi connectivity index (χ4n) is 3.28. The van der Waals surface area contributed by atoms with Crippen LogP contribution in [-0.2, 0) is 16.1 Å². The summed E-state index contributed by atoms with van der Waals surface area (Å²) in [5.41, 5.74) is 1.75. The third-order valence-corrected chi connectivity index (χ3v) is 4.70. The number of benzene rings is 1. The van der Waals surface area contributed by atoms with Crippen LogP contribution in [0, 0.1) is 5.92 Å². The van der Waals surface area contributed by atoms with Gasteiger partial charge in [-0.1, -0.05) is 26.0 Å². The lowest BCUT2D eigenvalue weighted by atomic mass is 10.0. The van der Waals surface area contributed by atoms with Crippen molar-refractivity contribution in [1.82, 2.24) is 20.2 Å². The summed E-state index contributed by atoms with van der Waals surface area (Å²) in [6.07, 6.45) is 0.377. The fraction of sp³-hybridized carbons (Fsp3) is 0.474. The molecular formula is C19H24N5O4-. The van der Waals surface area contributed by atoms with Gasteiger partial charge in [-0.05, 0) is 31.4 Å². The fourth-order valence-corrected chi connectivity index (χ4v) is 3.28. The number of anilines is 1. The van der Waals surface area contributed by atoms with Crippen LogP contribution in [-0.4, -0.2) is 46.1 Å². The van der Waals surface area contributed by atoms with Crippen LogP contribution in [0.4, 0.5) is 10.7 Å². The second-order valence-electron chi connectivity index (χ2n) is 7.38. The van der Waals surface area contributed by atoms with Crippen LogP contribution >= 0.6 is 0 Å². The molecule has 2 N–H and O–H groups in total. The lowest BCUT2D eigenvalue weighted by molar-refractivity contribution is -0.307. The number of carboxylic acids is 1. The van der Waals surface area contributed by atoms with E-state index in [0.717, 1.165) is 11.0 Å². The van der Waals surface area contributed by atoms with Gasteiger partial charge >= 0.3 is 6.03 Å². The van der Waals surface area contributed by atoms with E-state index in [9.17, 15) is 19.5 Å². The number of carbonyl (C=O) groups is 3. The van der Waals surface area contributed by atoms with Gasteiger partial charge in [0.15, 0.2) is 0 Å². The van der Waals surface area contributed by atoms with Gasteiger partial charge < -0.3 is 25.1 Å². The van der Waals surface area contributed by atoms with Crippen molar-refractivity contribution in [1.29, 1.82) is 0 Å². The largest absolute Gasteiger partial charge is 0.548 e. The van der Waals surface area contributed by atoms with E-state index in [1.54, 1.807) is 0 Å². The minimum absolute atomic E-state index is 0.123. The molecule has 3 rings (SSSR count). The highest BCUT2D eigenvalue weighted by molar-refractivity contribution is 5.97. The molecule has 1 aliphatic rings. The summed E-state index contributed by atoms with van der Waals surface area (Å²) < 4.78 is 1.96. The van der Waals surface area contributed by atoms with Crippen molar-refractivity contribution < 1.29 is 19.5 Å². The average Bonchev–Trinajstić information content (AvgIpc) is 3.19. The first-order chi connectivity index (χ1) is 13.3. The highest BCUT2D eigenvalue weighted by Gasteiger charge is 2.31. The summed E-state index contributed by atoms with van der Waals surface area (Å²) in [6, 6.07) is 5.20. The summed E-state index contributed by atoms with van der Waals surface area (Å²) in [7, 11) is 0. The first-order valence-corrected chi connectivity index (χ1v) is 9.32. The molecule has 1 aromatic heterocycles. The molecule has 0 saturated heterocycles. The molecule has 9 heteroatoms. The molecule has 2 atom stereocenters. The third kappa shape index (κ3) is 3.92. The minimum atomic E-state index is -1.38. The van der Waals surface area contributed by atoms with E-state index in [2.05, 4.69) is 15.6 Å². The molecule has 2 heterocycles. The zero-order chi connectivity index (χ0) is 20.4. The number of carboxylic acid groups (broad SMARTS) is 1. The zero-order valence-electron chi connectivity index (χ0n) is 16.1. The second kappa shape index (κ2) is 7.87. The normalized spacial score (nSPS) is 15.4. The Morgan fingerprint density at radius 1 is 1.14 bits per heavy atom. The van der Waals surface area contributed by atoms with Gasteiger partial charge in [-0.3, -0.25) is 9.69 Å². The maximum absolute atomic E-state index is 12.9. The predicted molar refractivity (Wildman–Crippen MR) is 101 cm³/mol. The van der Waals surface area contributed by atoms with Crippen LogP contribution in [0.2, 0.25) is 0 Å². The van der Waals surface area contributed by atoms with Gasteiger partial charge in [0.1, 0.15) is 6.04 Å². The molecule has 1 aliphatic heterocycles. The number of aromatic nitrogens is 2. The van der Waals surface area contributed by atoms with Crippen molar-refractivity contribution in [3.63, 3.8) is 0 Å². The van der Waals surface area contributed by atoms with Crippen molar-refractivity contribution in [2.45, 2.75) is 45.8 Å². The maximum Gasteiger partial charge on any atom is 0.324 e. The van der Waals surface area contributed by atoms with Crippen LogP contribution in [0.5, 0.6) is 0 Å². The lowest BCUT2D eigenvalue weighted by Crippen LogP contribution is -2.55. The van der Waals surface area contributed by atoms with E-state index in [4.69, 9.17) is 0 Å². The predicted octanol–water partition coefficient (Wildman–Crippen LogP) is 0.235. The molecule has 9 nitrogen and oxygen atoms in total. The van der Waals surface area contributed by atoms with Crippen molar-refractivity contribution >= 4 is 34.9 Å². The maximum atomic E-state index is 12.9. The van der Waals surface area contributed by atoms with Gasteiger partial charge in [-0.2, -0.15) is 0 Å². The molecular weight excluding hydrogens is 362 g/mol. The second-order valence-corrected chi connectivity index (χ2v) is 7.38. The molecule has 0 radical (unpaired) electrons. The van der Waals surface area contributed by atoms with E-state index >= 15 is 0 Å². The average molecular weight is 386 g/mol. The van der Waals surface area contributed by atoms with Crippen LogP contribution < -0.4 is 20.6 Å². The van der Waals surface area contributed by atoms with Gasteiger partial charge in [0.25, 0.3) is 0 Å². The number of aliphatic carboxylic acids is 1. The Kier molecular flexibility index (Phi) is 5.53. The molecule has 150 valence electrons. The molecule has 0 saturated carbocycles. The molecule has 0 bridgehead atoms. The summed E-state index contributed by atoms with van der Waals surface area (Å²) in [5.74, 6) is -1.27. The molecule has 1 aromatic carbocycles. The molecule has 0 fully saturated rings. The summed E-state index contributed by atoms with van der Waals surface area (Å²) in [4.78, 5) is 42.3. The Bertz CT molecular complexity index is 907. The Hall–Kier alpha value is -3.10. The number of para-hydroxylation sites is 2. The van der Waals surface area contributed by atoms with E-state index in [1.807, 2.05) is 42.7 Å². The molecule has 3 amide bonds. The van der Waals surface area contributed by atoms with Gasteiger partial charge in [0.05, 0.1) is 23.0 Å². The quantitative estimate of drug-likeness (QED) is 0.737. The van der Waals surface area contributed by atoms with Gasteiger partial charge in [0.2, 0.25) is 11.9 Å². The highest BCUT2D eigenvalue weighted by atomic mass is 16.4. The van der Waals surface area contributed by atoms with Crippen molar-refractivity contribution in [3.8, 4) is 0 Å². The molecule has 0 unspecified atom stereocenters. The van der Waals surface area contributed by atoms with Crippen LogP contribution in [0.1, 0.15) is 27.2 Å². The number of rotatable bonds is 6. The number of nitrogens with zero attached hydrogens (tertiary/aromatic N) is 3. The Morgan fingerprint density at radius 3 is 2.54 bits per heavy atom. The smallest absolute Gasteiger partial charge is 0.324 e. The van der Waals surface area contributed by atoms with E-state index < -0.39 is 30.0 Å². The standard InChI is InChI=1S/C19H25N5O4/c1-11(2)10-14(16(25)20-12(3)17(26)27)22-19(28)24-9-8-23-15-7-5-4-6-13(15)21-18(23)24/h4-7,11-12,14H,8-10H2,1-3H3,(H,20,25)(H,22,28)(H,26,27)/p-1/t12-,14+/m1/s1. The van der Waals surface area contributed by atoms with Gasteiger partial charge in [-0.15, -0.1) is 0 Å². The summed E-state index contributed by atoms with van der Waals surface area (Å²) >= 11 is 0. The van der Waals surface area contributed by atoms with Gasteiger partial charge in [0, 0.05) is 13.1 Å². The Morgan fingerprint density at radius 2 is 1.86 bits per heavy atom. The SMILES string of the molecule is CC(C)C[C@H](NC(=O)N1CCn2c1nc1ccccc12)C(=O)N[C@H](C)C(=O)[O-]. The number of hydrogen-bond acceptors (Lipinski definition) is 5. The first-order valence-electron chi connectivity index (χ1n) is 9.32. The van der Waals surface area contributed by atoms with Crippen molar-refractivity contribution in [2.24, 2.45) is 5.92 Å². The van der Waals surface area contributed by atoms with Crippen molar-refractivity contribution in [3.05, 3.63) is 24.3 Å². The van der Waals surface area contributed by atoms with Gasteiger partial charge in [-0.25, -0.2) is 9.78 Å². The highest BCUT2D eigenvalue weighted by Crippen LogP contribution is 2.27. The Labute approximate surface area is 162 Å². The van der Waals surface area contributed by atoms with E-state index in [-0.39, 0.29) is 5.92 Å². The Balaban J connectivity index is 1.76. The minimum Gasteiger partial charge on any atom is -0.548 e. The first kappa shape index (κ1) is 19.7. The molecule has 2 aromatic rings. The monoisotopic (exact) mass is 386 g/mol. The number of urea groups is 1.